The minimum atomic E-state index is -0.359. The molecule has 3 N–H and O–H groups in total. The molecule has 98 valence electrons. The van der Waals surface area contributed by atoms with Crippen molar-refractivity contribution in [3.63, 3.8) is 0 Å². The molecule has 0 radical (unpaired) electrons. The molecule has 1 aromatic carbocycles. The molecular weight excluding hydrogens is 266 g/mol. The molecule has 1 heterocycles. The number of urea groups is 1. The molecule has 0 spiro atoms. The van der Waals surface area contributed by atoms with Gasteiger partial charge >= 0.3 is 6.03 Å². The third-order valence-electron chi connectivity index (χ3n) is 3.14. The number of carbonyl (C=O) groups excluding carboxylic acids is 1. The summed E-state index contributed by atoms with van der Waals surface area (Å²) in [4.78, 5) is 15.7. The van der Waals surface area contributed by atoms with Gasteiger partial charge in [0.25, 0.3) is 0 Å². The standard InChI is InChI=1S/C12H12ClN5O/c13-9-4-2-1-3-8(9)12(5-6-12)17-11(19)16-10-14-7-15-18-10/h1-4,7H,5-6H2,(H3,14,15,16,17,18,19). The molecule has 0 bridgehead atoms. The van der Waals surface area contributed by atoms with Gasteiger partial charge in [-0.05, 0) is 24.5 Å². The van der Waals surface area contributed by atoms with Gasteiger partial charge in [0.2, 0.25) is 5.95 Å². The lowest BCUT2D eigenvalue weighted by atomic mass is 10.1. The number of nitrogens with one attached hydrogen (secondary N) is 3. The third kappa shape index (κ3) is 2.39. The maximum absolute atomic E-state index is 11.9. The van der Waals surface area contributed by atoms with Crippen molar-refractivity contribution in [1.82, 2.24) is 20.5 Å². The predicted molar refractivity (Wildman–Crippen MR) is 70.9 cm³/mol. The van der Waals surface area contributed by atoms with Crippen molar-refractivity contribution in [2.75, 3.05) is 5.32 Å². The van der Waals surface area contributed by atoms with Crippen molar-refractivity contribution in [1.29, 1.82) is 0 Å². The van der Waals surface area contributed by atoms with Crippen LogP contribution in [0.3, 0.4) is 0 Å². The first kappa shape index (κ1) is 12.0. The number of hydrogen-bond donors (Lipinski definition) is 3. The molecule has 2 aromatic rings. The Hall–Kier alpha value is -2.08. The molecule has 3 rings (SSSR count). The number of H-pyrrole nitrogens is 1. The number of amides is 2. The van der Waals surface area contributed by atoms with Gasteiger partial charge in [0, 0.05) is 5.02 Å². The number of carbonyl (C=O) groups is 1. The van der Waals surface area contributed by atoms with Crippen molar-refractivity contribution < 1.29 is 4.79 Å². The maximum Gasteiger partial charge on any atom is 0.322 e. The van der Waals surface area contributed by atoms with Gasteiger partial charge in [-0.3, -0.25) is 5.32 Å². The zero-order valence-corrected chi connectivity index (χ0v) is 10.7. The van der Waals surface area contributed by atoms with Gasteiger partial charge in [-0.1, -0.05) is 29.8 Å². The van der Waals surface area contributed by atoms with Crippen LogP contribution in [0.4, 0.5) is 10.7 Å². The van der Waals surface area contributed by atoms with Crippen LogP contribution in [0.1, 0.15) is 18.4 Å². The molecule has 0 atom stereocenters. The van der Waals surface area contributed by atoms with Crippen LogP contribution in [-0.4, -0.2) is 21.2 Å². The van der Waals surface area contributed by atoms with Crippen LogP contribution in [0, 0.1) is 0 Å². The summed E-state index contributed by atoms with van der Waals surface area (Å²) in [5.74, 6) is 0.312. The normalized spacial score (nSPS) is 15.8. The summed E-state index contributed by atoms with van der Waals surface area (Å²) < 4.78 is 0. The fourth-order valence-electron chi connectivity index (χ4n) is 2.06. The topological polar surface area (TPSA) is 82.7 Å². The summed E-state index contributed by atoms with van der Waals surface area (Å²) in [6.07, 6.45) is 3.08. The van der Waals surface area contributed by atoms with Crippen molar-refractivity contribution in [3.8, 4) is 0 Å². The Morgan fingerprint density at radius 2 is 2.16 bits per heavy atom. The molecule has 0 unspecified atom stereocenters. The first-order valence-electron chi connectivity index (χ1n) is 5.89. The van der Waals surface area contributed by atoms with Crippen molar-refractivity contribution >= 4 is 23.6 Å². The monoisotopic (exact) mass is 277 g/mol. The van der Waals surface area contributed by atoms with E-state index in [1.54, 1.807) is 0 Å². The average Bonchev–Trinajstić information content (AvgIpc) is 2.97. The molecule has 1 aliphatic rings. The molecule has 19 heavy (non-hydrogen) atoms. The first-order chi connectivity index (χ1) is 9.20. The number of halogens is 1. The van der Waals surface area contributed by atoms with Crippen LogP contribution in [0.5, 0.6) is 0 Å². The lowest BCUT2D eigenvalue weighted by Gasteiger charge is -2.19. The van der Waals surface area contributed by atoms with E-state index >= 15 is 0 Å². The summed E-state index contributed by atoms with van der Waals surface area (Å²) in [7, 11) is 0. The fourth-order valence-corrected chi connectivity index (χ4v) is 2.37. The second kappa shape index (κ2) is 4.55. The number of aromatic nitrogens is 3. The van der Waals surface area contributed by atoms with E-state index in [1.807, 2.05) is 24.3 Å². The second-order valence-corrected chi connectivity index (χ2v) is 4.88. The highest BCUT2D eigenvalue weighted by molar-refractivity contribution is 6.31. The van der Waals surface area contributed by atoms with Crippen LogP contribution in [-0.2, 0) is 5.54 Å². The number of rotatable bonds is 3. The molecule has 1 saturated carbocycles. The number of hydrogen-bond acceptors (Lipinski definition) is 3. The number of anilines is 1. The Labute approximate surface area is 114 Å². The van der Waals surface area contributed by atoms with E-state index in [2.05, 4.69) is 25.8 Å². The molecule has 2 amide bonds. The van der Waals surface area contributed by atoms with Gasteiger partial charge in [0.05, 0.1) is 5.54 Å². The quantitative estimate of drug-likeness (QED) is 0.805. The van der Waals surface area contributed by atoms with E-state index < -0.39 is 0 Å². The van der Waals surface area contributed by atoms with Crippen LogP contribution in [0.25, 0.3) is 0 Å². The van der Waals surface area contributed by atoms with Crippen LogP contribution in [0.15, 0.2) is 30.6 Å². The van der Waals surface area contributed by atoms with Crippen LogP contribution < -0.4 is 10.6 Å². The Morgan fingerprint density at radius 1 is 1.37 bits per heavy atom. The SMILES string of the molecule is O=C(Nc1ncn[nH]1)NC1(c2ccccc2Cl)CC1. The fraction of sp³-hybridized carbons (Fsp3) is 0.250. The third-order valence-corrected chi connectivity index (χ3v) is 3.47. The highest BCUT2D eigenvalue weighted by Crippen LogP contribution is 2.47. The second-order valence-electron chi connectivity index (χ2n) is 4.48. The molecule has 1 aromatic heterocycles. The Balaban J connectivity index is 1.73. The summed E-state index contributed by atoms with van der Waals surface area (Å²) in [6, 6.07) is 7.22. The summed E-state index contributed by atoms with van der Waals surface area (Å²) in [6.45, 7) is 0. The van der Waals surface area contributed by atoms with E-state index in [-0.39, 0.29) is 11.6 Å². The number of nitrogens with zero attached hydrogens (tertiary/aromatic N) is 2. The summed E-state index contributed by atoms with van der Waals surface area (Å²) in [5, 5.41) is 12.4. The van der Waals surface area contributed by atoms with Gasteiger partial charge in [-0.2, -0.15) is 10.1 Å². The van der Waals surface area contributed by atoms with Crippen molar-refractivity contribution in [2.45, 2.75) is 18.4 Å². The van der Waals surface area contributed by atoms with Crippen molar-refractivity contribution in [3.05, 3.63) is 41.2 Å². The van der Waals surface area contributed by atoms with E-state index in [1.165, 1.54) is 6.33 Å². The smallest absolute Gasteiger partial charge is 0.322 e. The maximum atomic E-state index is 11.9. The highest BCUT2D eigenvalue weighted by atomic mass is 35.5. The molecule has 7 heteroatoms. The first-order valence-corrected chi connectivity index (χ1v) is 6.27. The van der Waals surface area contributed by atoms with Gasteiger partial charge in [0.15, 0.2) is 0 Å². The predicted octanol–water partition coefficient (Wildman–Crippen LogP) is 2.27. The molecular formula is C12H12ClN5O. The van der Waals surface area contributed by atoms with Crippen LogP contribution in [0.2, 0.25) is 5.02 Å². The minimum Gasteiger partial charge on any atom is -0.328 e. The van der Waals surface area contributed by atoms with Gasteiger partial charge in [0.1, 0.15) is 6.33 Å². The average molecular weight is 278 g/mol. The van der Waals surface area contributed by atoms with E-state index in [0.717, 1.165) is 18.4 Å². The van der Waals surface area contributed by atoms with E-state index in [0.29, 0.717) is 11.0 Å². The lowest BCUT2D eigenvalue weighted by Crippen LogP contribution is -2.38. The zero-order valence-electron chi connectivity index (χ0n) is 9.98. The van der Waals surface area contributed by atoms with Crippen molar-refractivity contribution in [2.24, 2.45) is 0 Å². The zero-order chi connectivity index (χ0) is 13.3. The molecule has 6 nitrogen and oxygen atoms in total. The minimum absolute atomic E-state index is 0.312. The lowest BCUT2D eigenvalue weighted by molar-refractivity contribution is 0.247. The molecule has 1 aliphatic carbocycles. The Kier molecular flexibility index (Phi) is 2.87. The number of aromatic amines is 1. The Bertz CT molecular complexity index is 594. The number of benzene rings is 1. The summed E-state index contributed by atoms with van der Waals surface area (Å²) in [5.41, 5.74) is 0.590. The molecule has 0 aliphatic heterocycles. The summed E-state index contributed by atoms with van der Waals surface area (Å²) >= 11 is 6.17. The molecule has 1 fully saturated rings. The van der Waals surface area contributed by atoms with E-state index in [4.69, 9.17) is 11.6 Å². The molecule has 0 saturated heterocycles. The Morgan fingerprint density at radius 3 is 2.79 bits per heavy atom. The van der Waals surface area contributed by atoms with Crippen LogP contribution >= 0.6 is 11.6 Å². The van der Waals surface area contributed by atoms with Gasteiger partial charge < -0.3 is 5.32 Å². The largest absolute Gasteiger partial charge is 0.328 e. The highest BCUT2D eigenvalue weighted by Gasteiger charge is 2.46. The van der Waals surface area contributed by atoms with Gasteiger partial charge in [-0.15, -0.1) is 0 Å². The van der Waals surface area contributed by atoms with Gasteiger partial charge in [-0.25, -0.2) is 9.89 Å². The van der Waals surface area contributed by atoms with E-state index in [9.17, 15) is 4.79 Å².